The molecule has 37 heavy (non-hydrogen) atoms. The fourth-order valence-electron chi connectivity index (χ4n) is 5.04. The zero-order valence-electron chi connectivity index (χ0n) is 22.3. The first-order valence-corrected chi connectivity index (χ1v) is 13.3. The summed E-state index contributed by atoms with van der Waals surface area (Å²) >= 11 is 1.65. The van der Waals surface area contributed by atoms with Crippen molar-refractivity contribution in [1.29, 1.82) is 0 Å². The number of benzene rings is 3. The molecule has 5 rings (SSSR count). The molecular weight excluding hydrogens is 489 g/mol. The van der Waals surface area contributed by atoms with Crippen LogP contribution in [0.3, 0.4) is 0 Å². The predicted molar refractivity (Wildman–Crippen MR) is 149 cm³/mol. The third-order valence-corrected chi connectivity index (χ3v) is 7.94. The Labute approximate surface area is 219 Å². The van der Waals surface area contributed by atoms with Crippen LogP contribution in [0.25, 0.3) is 42.3 Å². The second-order valence-electron chi connectivity index (χ2n) is 12.2. The van der Waals surface area contributed by atoms with E-state index in [1.165, 1.54) is 23.3 Å². The smallest absolute Gasteiger partial charge is 0.235 e. The van der Waals surface area contributed by atoms with E-state index in [0.29, 0.717) is 5.39 Å². The summed E-state index contributed by atoms with van der Waals surface area (Å²) in [6.07, 6.45) is -1.86. The van der Waals surface area contributed by atoms with Crippen LogP contribution in [0.15, 0.2) is 48.8 Å². The molecule has 2 heterocycles. The van der Waals surface area contributed by atoms with Gasteiger partial charge in [-0.15, -0.1) is 11.3 Å². The highest BCUT2D eigenvalue weighted by Crippen LogP contribution is 2.42. The van der Waals surface area contributed by atoms with Crippen LogP contribution in [0.5, 0.6) is 0 Å². The maximum absolute atomic E-state index is 13.5. The van der Waals surface area contributed by atoms with Crippen molar-refractivity contribution in [2.24, 2.45) is 5.41 Å². The van der Waals surface area contributed by atoms with Gasteiger partial charge < -0.3 is 0 Å². The number of fused-ring (bicyclic) bond motifs is 4. The molecule has 0 fully saturated rings. The van der Waals surface area contributed by atoms with Gasteiger partial charge >= 0.3 is 6.18 Å². The number of alkyl halides is 3. The lowest BCUT2D eigenvalue weighted by Crippen LogP contribution is -2.12. The minimum Gasteiger partial charge on any atom is -0.235 e. The third-order valence-electron chi connectivity index (χ3n) is 6.79. The highest BCUT2D eigenvalue weighted by molar-refractivity contribution is 7.26. The van der Waals surface area contributed by atoms with Crippen molar-refractivity contribution in [1.82, 2.24) is 9.97 Å². The normalized spacial score (nSPS) is 13.2. The maximum Gasteiger partial charge on any atom is 0.416 e. The van der Waals surface area contributed by atoms with Crippen LogP contribution in [0.1, 0.15) is 63.8 Å². The predicted octanol–water partition coefficient (Wildman–Crippen LogP) is 9.88. The van der Waals surface area contributed by atoms with Crippen LogP contribution in [-0.2, 0) is 18.0 Å². The lowest BCUT2D eigenvalue weighted by atomic mass is 9.82. The largest absolute Gasteiger partial charge is 0.416 e. The number of aryl methyl sites for hydroxylation is 1. The van der Waals surface area contributed by atoms with Crippen LogP contribution in [0.2, 0.25) is 0 Å². The zero-order chi connectivity index (χ0) is 26.9. The number of aromatic nitrogens is 2. The molecule has 0 saturated carbocycles. The van der Waals surface area contributed by atoms with Crippen LogP contribution >= 0.6 is 11.3 Å². The summed E-state index contributed by atoms with van der Waals surface area (Å²) in [6.45, 7) is 15.1. The van der Waals surface area contributed by atoms with Crippen molar-refractivity contribution in [3.63, 3.8) is 0 Å². The Bertz CT molecular complexity index is 1660. The second kappa shape index (κ2) is 8.52. The number of rotatable bonds is 2. The van der Waals surface area contributed by atoms with Gasteiger partial charge in [-0.2, -0.15) is 13.2 Å². The highest BCUT2D eigenvalue weighted by atomic mass is 32.1. The Balaban J connectivity index is 1.77. The third kappa shape index (κ3) is 4.84. The molecule has 6 heteroatoms. The molecule has 0 atom stereocenters. The first-order valence-electron chi connectivity index (χ1n) is 12.4. The number of nitrogens with zero attached hydrogens (tertiary/aromatic N) is 2. The van der Waals surface area contributed by atoms with E-state index in [0.717, 1.165) is 48.9 Å². The topological polar surface area (TPSA) is 25.8 Å². The van der Waals surface area contributed by atoms with Gasteiger partial charge in [0.15, 0.2) is 0 Å². The summed E-state index contributed by atoms with van der Waals surface area (Å²) in [5.74, 6) is 0. The molecule has 192 valence electrons. The second-order valence-corrected chi connectivity index (χ2v) is 13.3. The SMILES string of the molecule is Cc1cc2c(cc1CC(C)(C)C)sc1c(-c3cc(C(C)(C)C)c4ccc(C(F)(F)F)cc4c3)ncnc12. The molecule has 0 bridgehead atoms. The highest BCUT2D eigenvalue weighted by Gasteiger charge is 2.31. The first-order chi connectivity index (χ1) is 17.1. The van der Waals surface area contributed by atoms with Gasteiger partial charge in [0.05, 0.1) is 21.5 Å². The Morgan fingerprint density at radius 2 is 1.57 bits per heavy atom. The van der Waals surface area contributed by atoms with Gasteiger partial charge in [0.2, 0.25) is 0 Å². The van der Waals surface area contributed by atoms with Gasteiger partial charge in [-0.1, -0.05) is 47.6 Å². The molecule has 0 spiro atoms. The van der Waals surface area contributed by atoms with E-state index < -0.39 is 11.7 Å². The molecule has 0 radical (unpaired) electrons. The van der Waals surface area contributed by atoms with Gasteiger partial charge in [-0.3, -0.25) is 0 Å². The Kier molecular flexibility index (Phi) is 5.91. The van der Waals surface area contributed by atoms with E-state index in [9.17, 15) is 13.2 Å². The van der Waals surface area contributed by atoms with E-state index in [1.807, 2.05) is 6.07 Å². The fraction of sp³-hybridized carbons (Fsp3) is 0.355. The minimum absolute atomic E-state index is 0.170. The summed E-state index contributed by atoms with van der Waals surface area (Å²) in [4.78, 5) is 9.29. The van der Waals surface area contributed by atoms with Gasteiger partial charge in [0.25, 0.3) is 0 Å². The van der Waals surface area contributed by atoms with Crippen molar-refractivity contribution in [2.45, 2.75) is 66.5 Å². The Hall–Kier alpha value is -2.99. The van der Waals surface area contributed by atoms with Gasteiger partial charge in [0.1, 0.15) is 6.33 Å². The maximum atomic E-state index is 13.5. The fourth-order valence-corrected chi connectivity index (χ4v) is 6.26. The molecule has 0 unspecified atom stereocenters. The molecule has 0 N–H and O–H groups in total. The Morgan fingerprint density at radius 3 is 2.22 bits per heavy atom. The lowest BCUT2D eigenvalue weighted by molar-refractivity contribution is -0.137. The monoisotopic (exact) mass is 520 g/mol. The van der Waals surface area contributed by atoms with Crippen molar-refractivity contribution in [3.05, 3.63) is 71.0 Å². The van der Waals surface area contributed by atoms with Gasteiger partial charge in [-0.05, 0) is 88.0 Å². The molecule has 0 aliphatic carbocycles. The molecule has 0 saturated heterocycles. The van der Waals surface area contributed by atoms with E-state index in [4.69, 9.17) is 0 Å². The van der Waals surface area contributed by atoms with Crippen LogP contribution in [0, 0.1) is 12.3 Å². The molecule has 0 aliphatic heterocycles. The number of hydrogen-bond acceptors (Lipinski definition) is 3. The number of hydrogen-bond donors (Lipinski definition) is 0. The quantitative estimate of drug-likeness (QED) is 0.231. The molecule has 0 aliphatic rings. The van der Waals surface area contributed by atoms with Crippen molar-refractivity contribution in [3.8, 4) is 11.3 Å². The van der Waals surface area contributed by atoms with Crippen molar-refractivity contribution >= 4 is 42.4 Å². The molecule has 3 aromatic carbocycles. The standard InChI is InChI=1S/C31H31F3N2S/c1-17-10-23-25(14-20(17)15-29(2,3)4)37-28-26(35-16-36-27(23)28)19-11-18-12-21(31(32,33)34)8-9-22(18)24(13-19)30(5,6)7/h8-14,16H,15H2,1-7H3. The molecular formula is C31H31F3N2S. The summed E-state index contributed by atoms with van der Waals surface area (Å²) in [5.41, 5.74) is 5.26. The molecule has 2 nitrogen and oxygen atoms in total. The van der Waals surface area contributed by atoms with E-state index >= 15 is 0 Å². The van der Waals surface area contributed by atoms with E-state index in [-0.39, 0.29) is 10.8 Å². The molecule has 2 aromatic heterocycles. The average molecular weight is 521 g/mol. The minimum atomic E-state index is -4.40. The van der Waals surface area contributed by atoms with Crippen LogP contribution in [0.4, 0.5) is 13.2 Å². The molecule has 0 amide bonds. The number of halogens is 3. The molecule has 5 aromatic rings. The van der Waals surface area contributed by atoms with Gasteiger partial charge in [-0.25, -0.2) is 9.97 Å². The summed E-state index contributed by atoms with van der Waals surface area (Å²) < 4.78 is 42.8. The van der Waals surface area contributed by atoms with Crippen molar-refractivity contribution < 1.29 is 13.2 Å². The van der Waals surface area contributed by atoms with Crippen molar-refractivity contribution in [2.75, 3.05) is 0 Å². The van der Waals surface area contributed by atoms with E-state index in [2.05, 4.69) is 76.6 Å². The first kappa shape index (κ1) is 25.7. The van der Waals surface area contributed by atoms with Crippen LogP contribution in [-0.4, -0.2) is 9.97 Å². The number of thiophene rings is 1. The average Bonchev–Trinajstić information content (AvgIpc) is 3.13. The van der Waals surface area contributed by atoms with E-state index in [1.54, 1.807) is 23.7 Å². The summed E-state index contributed by atoms with van der Waals surface area (Å²) in [6, 6.07) is 12.4. The summed E-state index contributed by atoms with van der Waals surface area (Å²) in [5, 5.41) is 2.48. The lowest BCUT2D eigenvalue weighted by Gasteiger charge is -2.23. The Morgan fingerprint density at radius 1 is 0.838 bits per heavy atom. The van der Waals surface area contributed by atoms with Crippen LogP contribution < -0.4 is 0 Å². The summed E-state index contributed by atoms with van der Waals surface area (Å²) in [7, 11) is 0. The zero-order valence-corrected chi connectivity index (χ0v) is 23.1. The van der Waals surface area contributed by atoms with Gasteiger partial charge in [0, 0.05) is 15.6 Å².